The highest BCUT2D eigenvalue weighted by Gasteiger charge is 2.07. The highest BCUT2D eigenvalue weighted by Crippen LogP contribution is 1.92. The number of hydrogen-bond donors (Lipinski definition) is 2. The topological polar surface area (TPSA) is 49.7 Å². The summed E-state index contributed by atoms with van der Waals surface area (Å²) < 4.78 is 4.61. The van der Waals surface area contributed by atoms with Gasteiger partial charge in [-0.3, -0.25) is 0 Å². The molecule has 3 heteroatoms. The maximum atomic E-state index is 8.65. The van der Waals surface area contributed by atoms with Gasteiger partial charge in [0.2, 0.25) is 0 Å². The van der Waals surface area contributed by atoms with Gasteiger partial charge in [0, 0.05) is 6.61 Å². The molecule has 2 atom stereocenters. The minimum atomic E-state index is -1.03. The fourth-order valence-electron chi connectivity index (χ4n) is 0.310. The average molecular weight is 120 g/mol. The normalized spacial score (nSPS) is 18.0. The third kappa shape index (κ3) is 2.96. The van der Waals surface area contributed by atoms with E-state index in [4.69, 9.17) is 10.2 Å². The third-order valence-electron chi connectivity index (χ3n) is 0.750. The van der Waals surface area contributed by atoms with Gasteiger partial charge in [-0.1, -0.05) is 0 Å². The van der Waals surface area contributed by atoms with Gasteiger partial charge in [0.15, 0.2) is 6.29 Å². The summed E-state index contributed by atoms with van der Waals surface area (Å²) in [5.41, 5.74) is 0. The van der Waals surface area contributed by atoms with E-state index < -0.39 is 12.4 Å². The molecule has 0 aliphatic rings. The van der Waals surface area contributed by atoms with E-state index in [-0.39, 0.29) is 0 Å². The summed E-state index contributed by atoms with van der Waals surface area (Å²) >= 11 is 0. The summed E-state index contributed by atoms with van der Waals surface area (Å²) in [5.74, 6) is 0. The minimum absolute atomic E-state index is 0.423. The first kappa shape index (κ1) is 7.88. The summed E-state index contributed by atoms with van der Waals surface area (Å²) in [6.07, 6.45) is -1.82. The van der Waals surface area contributed by atoms with E-state index in [1.54, 1.807) is 6.92 Å². The van der Waals surface area contributed by atoms with Crippen molar-refractivity contribution < 1.29 is 14.9 Å². The number of rotatable bonds is 3. The molecule has 50 valence electrons. The first-order chi connectivity index (χ1) is 3.68. The van der Waals surface area contributed by atoms with Gasteiger partial charge in [-0.25, -0.2) is 0 Å². The molecule has 0 aliphatic carbocycles. The summed E-state index contributed by atoms with van der Waals surface area (Å²) in [7, 11) is 0. The predicted molar refractivity (Wildman–Crippen MR) is 29.3 cm³/mol. The van der Waals surface area contributed by atoms with Crippen molar-refractivity contribution in [3.8, 4) is 0 Å². The van der Waals surface area contributed by atoms with Gasteiger partial charge >= 0.3 is 0 Å². The highest BCUT2D eigenvalue weighted by molar-refractivity contribution is 4.46. The van der Waals surface area contributed by atoms with Crippen LogP contribution in [0, 0.1) is 0 Å². The Morgan fingerprint density at radius 2 is 2.00 bits per heavy atom. The average Bonchev–Trinajstić information content (AvgIpc) is 1.67. The largest absolute Gasteiger partial charge is 0.388 e. The molecule has 0 aromatic rings. The molecule has 8 heavy (non-hydrogen) atoms. The highest BCUT2D eigenvalue weighted by atomic mass is 16.6. The zero-order chi connectivity index (χ0) is 6.57. The Bertz CT molecular complexity index is 53.6. The number of aliphatic hydroxyl groups excluding tert-OH is 2. The van der Waals surface area contributed by atoms with E-state index in [2.05, 4.69) is 4.74 Å². The lowest BCUT2D eigenvalue weighted by Gasteiger charge is -2.11. The molecule has 0 amide bonds. The fraction of sp³-hybridized carbons (Fsp3) is 1.00. The lowest BCUT2D eigenvalue weighted by atomic mass is 10.4. The quantitative estimate of drug-likeness (QED) is 0.504. The van der Waals surface area contributed by atoms with E-state index in [1.807, 2.05) is 0 Å². The molecule has 0 saturated heterocycles. The van der Waals surface area contributed by atoms with Crippen LogP contribution in [-0.4, -0.2) is 29.2 Å². The van der Waals surface area contributed by atoms with E-state index in [9.17, 15) is 0 Å². The molecular weight excluding hydrogens is 108 g/mol. The van der Waals surface area contributed by atoms with Crippen molar-refractivity contribution in [1.29, 1.82) is 0 Å². The van der Waals surface area contributed by atoms with Crippen molar-refractivity contribution in [3.63, 3.8) is 0 Å². The van der Waals surface area contributed by atoms with Crippen LogP contribution < -0.4 is 0 Å². The van der Waals surface area contributed by atoms with E-state index in [1.165, 1.54) is 6.92 Å². The first-order valence-electron chi connectivity index (χ1n) is 2.66. The zero-order valence-electron chi connectivity index (χ0n) is 5.16. The zero-order valence-corrected chi connectivity index (χ0v) is 5.16. The first-order valence-corrected chi connectivity index (χ1v) is 2.66. The smallest absolute Gasteiger partial charge is 0.180 e. The second-order valence-electron chi connectivity index (χ2n) is 1.59. The Kier molecular flexibility index (Phi) is 3.77. The van der Waals surface area contributed by atoms with Gasteiger partial charge in [0.05, 0.1) is 0 Å². The van der Waals surface area contributed by atoms with E-state index in [0.29, 0.717) is 6.61 Å². The molecule has 0 spiro atoms. The van der Waals surface area contributed by atoms with Crippen LogP contribution in [0.5, 0.6) is 0 Å². The molecule has 0 aromatic carbocycles. The van der Waals surface area contributed by atoms with Gasteiger partial charge in [0.1, 0.15) is 6.10 Å². The van der Waals surface area contributed by atoms with Crippen molar-refractivity contribution >= 4 is 0 Å². The Morgan fingerprint density at radius 3 is 2.12 bits per heavy atom. The van der Waals surface area contributed by atoms with Crippen LogP contribution in [0.4, 0.5) is 0 Å². The Balaban J connectivity index is 3.17. The van der Waals surface area contributed by atoms with Crippen LogP contribution in [0.2, 0.25) is 0 Å². The molecule has 2 N–H and O–H groups in total. The number of hydrogen-bond acceptors (Lipinski definition) is 3. The molecule has 0 rings (SSSR count). The van der Waals surface area contributed by atoms with Crippen molar-refractivity contribution in [3.05, 3.63) is 0 Å². The van der Waals surface area contributed by atoms with Crippen molar-refractivity contribution in [2.24, 2.45) is 0 Å². The van der Waals surface area contributed by atoms with Gasteiger partial charge in [0.25, 0.3) is 0 Å². The molecule has 1 unspecified atom stereocenters. The summed E-state index contributed by atoms with van der Waals surface area (Å²) in [6.45, 7) is 3.65. The van der Waals surface area contributed by atoms with Crippen LogP contribution in [0.3, 0.4) is 0 Å². The maximum Gasteiger partial charge on any atom is 0.180 e. The predicted octanol–water partition coefficient (Wildman–Crippen LogP) is -0.278. The Morgan fingerprint density at radius 1 is 1.50 bits per heavy atom. The molecule has 0 aromatic heterocycles. The maximum absolute atomic E-state index is 8.65. The van der Waals surface area contributed by atoms with Crippen LogP contribution in [0.1, 0.15) is 13.8 Å². The van der Waals surface area contributed by atoms with Crippen LogP contribution in [-0.2, 0) is 4.74 Å². The van der Waals surface area contributed by atoms with E-state index in [0.717, 1.165) is 0 Å². The van der Waals surface area contributed by atoms with Crippen LogP contribution >= 0.6 is 0 Å². The fourth-order valence-corrected chi connectivity index (χ4v) is 0.310. The van der Waals surface area contributed by atoms with Crippen LogP contribution in [0.15, 0.2) is 0 Å². The van der Waals surface area contributed by atoms with E-state index >= 15 is 0 Å². The molecule has 0 fully saturated rings. The number of aliphatic hydroxyl groups is 2. The Labute approximate surface area is 48.9 Å². The Hall–Kier alpha value is -0.120. The summed E-state index contributed by atoms with van der Waals surface area (Å²) in [6, 6.07) is 0. The molecule has 0 heterocycles. The lowest BCUT2D eigenvalue weighted by Crippen LogP contribution is -2.25. The second kappa shape index (κ2) is 3.83. The summed E-state index contributed by atoms with van der Waals surface area (Å²) in [5, 5.41) is 17.2. The molecular formula is C5H12O3. The molecule has 0 saturated carbocycles. The third-order valence-corrected chi connectivity index (χ3v) is 0.750. The number of ether oxygens (including phenoxy) is 1. The van der Waals surface area contributed by atoms with Gasteiger partial charge in [-0.2, -0.15) is 0 Å². The van der Waals surface area contributed by atoms with Gasteiger partial charge < -0.3 is 14.9 Å². The molecule has 0 aliphatic heterocycles. The van der Waals surface area contributed by atoms with Gasteiger partial charge in [-0.15, -0.1) is 0 Å². The SMILES string of the molecule is CCOC(O)[C@@H](C)O. The monoisotopic (exact) mass is 120 g/mol. The van der Waals surface area contributed by atoms with Gasteiger partial charge in [-0.05, 0) is 13.8 Å². The molecule has 3 nitrogen and oxygen atoms in total. The molecule has 0 bridgehead atoms. The lowest BCUT2D eigenvalue weighted by molar-refractivity contribution is -0.152. The van der Waals surface area contributed by atoms with Crippen LogP contribution in [0.25, 0.3) is 0 Å². The minimum Gasteiger partial charge on any atom is -0.388 e. The molecule has 0 radical (unpaired) electrons. The second-order valence-corrected chi connectivity index (χ2v) is 1.59. The van der Waals surface area contributed by atoms with Crippen molar-refractivity contribution in [2.45, 2.75) is 26.2 Å². The summed E-state index contributed by atoms with van der Waals surface area (Å²) in [4.78, 5) is 0. The van der Waals surface area contributed by atoms with Crippen molar-refractivity contribution in [2.75, 3.05) is 6.61 Å². The standard InChI is InChI=1S/C5H12O3/c1-3-8-5(7)4(2)6/h4-7H,3H2,1-2H3/t4-,5?/m1/s1. The van der Waals surface area contributed by atoms with Crippen molar-refractivity contribution in [1.82, 2.24) is 0 Å².